The maximum absolute atomic E-state index is 12.8. The molecule has 2 aliphatic rings. The molecule has 2 aliphatic heterocycles. The molecular formula is C30H51NO8S. The lowest BCUT2D eigenvalue weighted by atomic mass is 9.82. The van der Waals surface area contributed by atoms with Crippen molar-refractivity contribution in [2.24, 2.45) is 10.8 Å². The molecule has 0 fully saturated rings. The molecule has 0 aliphatic carbocycles. The molecule has 0 saturated heterocycles. The summed E-state index contributed by atoms with van der Waals surface area (Å²) in [6, 6.07) is 0. The fraction of sp³-hybridized carbons (Fsp3) is 0.800. The van der Waals surface area contributed by atoms with Crippen LogP contribution in [0.4, 0.5) is 9.59 Å². The largest absolute Gasteiger partial charge is 0.448 e. The zero-order valence-corrected chi connectivity index (χ0v) is 27.1. The number of hydrogen-bond acceptors (Lipinski definition) is 9. The lowest BCUT2D eigenvalue weighted by Crippen LogP contribution is -2.45. The average molecular weight is 586 g/mol. The monoisotopic (exact) mass is 585 g/mol. The number of carbonyl (C=O) groups excluding carboxylic acids is 2. The van der Waals surface area contributed by atoms with E-state index < -0.39 is 41.8 Å². The van der Waals surface area contributed by atoms with Crippen LogP contribution in [0, 0.1) is 10.8 Å². The Hall–Kier alpha value is -1.59. The molecule has 10 heteroatoms. The number of amides is 1. The average Bonchev–Trinajstić information content (AvgIpc) is 2.71. The topological polar surface area (TPSA) is 102 Å². The molecule has 4 unspecified atom stereocenters. The van der Waals surface area contributed by atoms with Gasteiger partial charge in [0, 0.05) is 21.1 Å². The van der Waals surface area contributed by atoms with Crippen LogP contribution >= 0.6 is 11.8 Å². The maximum Gasteiger partial charge on any atom is 0.408 e. The van der Waals surface area contributed by atoms with Crippen molar-refractivity contribution in [3.63, 3.8) is 0 Å². The van der Waals surface area contributed by atoms with Crippen LogP contribution in [0.3, 0.4) is 0 Å². The highest BCUT2D eigenvalue weighted by Gasteiger charge is 2.38. The summed E-state index contributed by atoms with van der Waals surface area (Å²) in [6.07, 6.45) is 3.40. The molecule has 0 radical (unpaired) electrons. The molecule has 9 nitrogen and oxygen atoms in total. The van der Waals surface area contributed by atoms with E-state index in [1.165, 1.54) is 0 Å². The maximum atomic E-state index is 12.8. The van der Waals surface area contributed by atoms with Crippen LogP contribution in [0.5, 0.6) is 0 Å². The number of nitrogens with one attached hydrogen (secondary N) is 1. The smallest absolute Gasteiger partial charge is 0.408 e. The molecule has 0 bridgehead atoms. The van der Waals surface area contributed by atoms with Crippen molar-refractivity contribution < 1.29 is 38.0 Å². The first-order valence-electron chi connectivity index (χ1n) is 14.0. The van der Waals surface area contributed by atoms with E-state index in [4.69, 9.17) is 28.4 Å². The van der Waals surface area contributed by atoms with Gasteiger partial charge >= 0.3 is 11.4 Å². The Labute approximate surface area is 245 Å². The quantitative estimate of drug-likeness (QED) is 0.282. The SMILES string of the molecule is CC(C)(C)NC(=O)OC1COC(C(C)(C)C)OCC=C1CC(C)(C)C1OC/C=C/C(OC(=O)SC(C)(C)C)CO1. The van der Waals surface area contributed by atoms with Crippen LogP contribution in [0.15, 0.2) is 23.8 Å². The summed E-state index contributed by atoms with van der Waals surface area (Å²) >= 11 is 1.15. The van der Waals surface area contributed by atoms with Gasteiger partial charge < -0.3 is 33.7 Å². The lowest BCUT2D eigenvalue weighted by molar-refractivity contribution is -0.208. The number of hydrogen-bond donors (Lipinski definition) is 1. The van der Waals surface area contributed by atoms with Gasteiger partial charge in [-0.3, -0.25) is 0 Å². The highest BCUT2D eigenvalue weighted by atomic mass is 32.2. The molecule has 230 valence electrons. The Morgan fingerprint density at radius 3 is 2.10 bits per heavy atom. The molecule has 0 saturated carbocycles. The standard InChI is InChI=1S/C30H51NO8S/c1-27(2,3)23-35-16-14-20(22(19-37-23)39-25(32)31-28(4,5)6)17-30(10,11)24-34-15-12-13-21(18-36-24)38-26(33)40-29(7,8)9/h12-14,21-24H,15-19H2,1-11H3,(H,31,32)/b13-12+,20-14?. The molecule has 0 aromatic rings. The van der Waals surface area contributed by atoms with Crippen molar-refractivity contribution in [2.75, 3.05) is 26.4 Å². The van der Waals surface area contributed by atoms with Gasteiger partial charge in [-0.1, -0.05) is 67.5 Å². The van der Waals surface area contributed by atoms with Crippen LogP contribution in [0.2, 0.25) is 0 Å². The van der Waals surface area contributed by atoms with Crippen molar-refractivity contribution in [1.82, 2.24) is 5.32 Å². The number of alkyl carbamates (subject to hydrolysis) is 1. The summed E-state index contributed by atoms with van der Waals surface area (Å²) in [7, 11) is 0. The van der Waals surface area contributed by atoms with Gasteiger partial charge in [-0.05, 0) is 50.6 Å². The summed E-state index contributed by atoms with van der Waals surface area (Å²) in [5.41, 5.74) is -0.367. The summed E-state index contributed by atoms with van der Waals surface area (Å²) in [5, 5.41) is 2.52. The second-order valence-electron chi connectivity index (χ2n) is 14.1. The third kappa shape index (κ3) is 12.5. The molecule has 4 atom stereocenters. The van der Waals surface area contributed by atoms with Crippen LogP contribution in [0.1, 0.15) is 82.6 Å². The minimum Gasteiger partial charge on any atom is -0.448 e. The van der Waals surface area contributed by atoms with Crippen molar-refractivity contribution in [2.45, 2.75) is 118 Å². The van der Waals surface area contributed by atoms with Gasteiger partial charge in [0.25, 0.3) is 0 Å². The van der Waals surface area contributed by atoms with Gasteiger partial charge in [0.15, 0.2) is 12.6 Å². The normalized spacial score (nSPS) is 26.3. The number of rotatable bonds is 5. The van der Waals surface area contributed by atoms with E-state index in [-0.39, 0.29) is 28.7 Å². The van der Waals surface area contributed by atoms with Crippen LogP contribution in [-0.4, -0.2) is 72.9 Å². The Morgan fingerprint density at radius 2 is 1.50 bits per heavy atom. The zero-order valence-electron chi connectivity index (χ0n) is 26.3. The van der Waals surface area contributed by atoms with E-state index >= 15 is 0 Å². The molecular weight excluding hydrogens is 534 g/mol. The Balaban J connectivity index is 2.17. The second kappa shape index (κ2) is 14.1. The Kier molecular flexibility index (Phi) is 12.2. The first-order valence-corrected chi connectivity index (χ1v) is 14.8. The summed E-state index contributed by atoms with van der Waals surface area (Å²) in [5.74, 6) is 0. The summed E-state index contributed by atoms with van der Waals surface area (Å²) < 4.78 is 35.6. The summed E-state index contributed by atoms with van der Waals surface area (Å²) in [4.78, 5) is 25.1. The van der Waals surface area contributed by atoms with Crippen LogP contribution in [-0.2, 0) is 28.4 Å². The van der Waals surface area contributed by atoms with E-state index in [0.717, 1.165) is 17.3 Å². The van der Waals surface area contributed by atoms with E-state index in [2.05, 4.69) is 5.32 Å². The van der Waals surface area contributed by atoms with E-state index in [9.17, 15) is 9.59 Å². The van der Waals surface area contributed by atoms with Crippen LogP contribution < -0.4 is 5.32 Å². The van der Waals surface area contributed by atoms with E-state index in [1.807, 2.05) is 88.3 Å². The van der Waals surface area contributed by atoms with Crippen molar-refractivity contribution in [1.29, 1.82) is 0 Å². The molecule has 0 aromatic heterocycles. The number of carbonyl (C=O) groups is 2. The fourth-order valence-electron chi connectivity index (χ4n) is 4.13. The van der Waals surface area contributed by atoms with Crippen molar-refractivity contribution in [3.05, 3.63) is 23.8 Å². The third-order valence-corrected chi connectivity index (χ3v) is 6.76. The predicted molar refractivity (Wildman–Crippen MR) is 157 cm³/mol. The molecule has 40 heavy (non-hydrogen) atoms. The molecule has 2 rings (SSSR count). The van der Waals surface area contributed by atoms with Crippen LogP contribution in [0.25, 0.3) is 0 Å². The molecule has 0 aromatic carbocycles. The first kappa shape index (κ1) is 34.6. The Bertz CT molecular complexity index is 910. The van der Waals surface area contributed by atoms with Crippen molar-refractivity contribution >= 4 is 23.2 Å². The van der Waals surface area contributed by atoms with E-state index in [0.29, 0.717) is 19.6 Å². The zero-order chi connectivity index (χ0) is 30.4. The lowest BCUT2D eigenvalue weighted by Gasteiger charge is -2.38. The van der Waals surface area contributed by atoms with Gasteiger partial charge in [-0.15, -0.1) is 0 Å². The van der Waals surface area contributed by atoms with Gasteiger partial charge in [0.1, 0.15) is 12.2 Å². The second-order valence-corrected chi connectivity index (χ2v) is 15.9. The molecule has 2 heterocycles. The number of ether oxygens (including phenoxy) is 6. The van der Waals surface area contributed by atoms with Gasteiger partial charge in [-0.2, -0.15) is 0 Å². The van der Waals surface area contributed by atoms with Gasteiger partial charge in [0.2, 0.25) is 0 Å². The minimum atomic E-state index is -0.619. The Morgan fingerprint density at radius 1 is 0.875 bits per heavy atom. The fourth-order valence-corrected chi connectivity index (χ4v) is 4.80. The van der Waals surface area contributed by atoms with Crippen molar-refractivity contribution in [3.8, 4) is 0 Å². The first-order chi connectivity index (χ1) is 18.2. The highest BCUT2D eigenvalue weighted by Crippen LogP contribution is 2.36. The van der Waals surface area contributed by atoms with Gasteiger partial charge in [-0.25, -0.2) is 9.59 Å². The number of thioether (sulfide) groups is 1. The minimum absolute atomic E-state index is 0.153. The highest BCUT2D eigenvalue weighted by molar-refractivity contribution is 8.14. The summed E-state index contributed by atoms with van der Waals surface area (Å²) in [6.45, 7) is 22.7. The molecule has 1 amide bonds. The predicted octanol–water partition coefficient (Wildman–Crippen LogP) is 6.61. The third-order valence-electron chi connectivity index (χ3n) is 5.88. The molecule has 1 N–H and O–H groups in total. The molecule has 0 spiro atoms. The van der Waals surface area contributed by atoms with E-state index in [1.54, 1.807) is 6.08 Å². The van der Waals surface area contributed by atoms with Gasteiger partial charge in [0.05, 0.1) is 26.4 Å².